The summed E-state index contributed by atoms with van der Waals surface area (Å²) in [7, 11) is 0. The van der Waals surface area contributed by atoms with Crippen molar-refractivity contribution >= 4 is 28.7 Å². The van der Waals surface area contributed by atoms with Crippen LogP contribution in [0.5, 0.6) is 0 Å². The minimum absolute atomic E-state index is 0. The van der Waals surface area contributed by atoms with Gasteiger partial charge in [0.2, 0.25) is 5.91 Å². The molecule has 0 atom stereocenters. The summed E-state index contributed by atoms with van der Waals surface area (Å²) in [6, 6.07) is 12.8. The van der Waals surface area contributed by atoms with E-state index in [4.69, 9.17) is 5.73 Å². The number of rotatable bonds is 9. The Hall–Kier alpha value is -2.19. The van der Waals surface area contributed by atoms with E-state index in [-0.39, 0.29) is 22.1 Å². The quantitative estimate of drug-likeness (QED) is 0.287. The van der Waals surface area contributed by atoms with Crippen LogP contribution in [0, 0.1) is 0 Å². The van der Waals surface area contributed by atoms with Gasteiger partial charge in [-0.1, -0.05) is 30.0 Å². The van der Waals surface area contributed by atoms with Crippen molar-refractivity contribution in [2.45, 2.75) is 50.1 Å². The SMILES string of the molecule is CC(C)(NC(=O)c1ccccc1SC(=O)CCCC[n+]1ccccc1)C(N)=O.[Br-]. The number of benzene rings is 1. The van der Waals surface area contributed by atoms with Crippen molar-refractivity contribution in [2.75, 3.05) is 0 Å². The van der Waals surface area contributed by atoms with Gasteiger partial charge < -0.3 is 28.0 Å². The van der Waals surface area contributed by atoms with Crippen LogP contribution in [0.2, 0.25) is 0 Å². The van der Waals surface area contributed by atoms with E-state index >= 15 is 0 Å². The molecule has 0 spiro atoms. The number of carbonyl (C=O) groups is 3. The lowest BCUT2D eigenvalue weighted by Crippen LogP contribution is -3.00. The molecule has 0 unspecified atom stereocenters. The zero-order valence-corrected chi connectivity index (χ0v) is 19.0. The van der Waals surface area contributed by atoms with Gasteiger partial charge in [0.15, 0.2) is 17.5 Å². The van der Waals surface area contributed by atoms with Crippen molar-refractivity contribution in [1.29, 1.82) is 0 Å². The highest BCUT2D eigenvalue weighted by Gasteiger charge is 2.28. The zero-order valence-electron chi connectivity index (χ0n) is 16.6. The molecule has 1 aromatic carbocycles. The maximum atomic E-state index is 12.5. The fourth-order valence-corrected chi connectivity index (χ4v) is 3.39. The van der Waals surface area contributed by atoms with Gasteiger partial charge in [-0.15, -0.1) is 0 Å². The standard InChI is InChI=1S/C21H25N3O3S.BrH/c1-21(2,20(22)27)23-19(26)16-10-4-5-11-17(16)28-18(25)12-6-9-15-24-13-7-3-8-14-24;/h3-5,7-8,10-11,13-14H,6,9,12,15H2,1-2H3,(H2-,22,23,26,27);1H. The second kappa shape index (κ2) is 11.7. The molecule has 1 heterocycles. The minimum Gasteiger partial charge on any atom is -1.00 e. The van der Waals surface area contributed by atoms with Gasteiger partial charge in [-0.3, -0.25) is 14.4 Å². The maximum Gasteiger partial charge on any atom is 0.253 e. The molecular formula is C21H26BrN3O3S. The summed E-state index contributed by atoms with van der Waals surface area (Å²) in [5, 5.41) is 2.62. The Morgan fingerprint density at radius 3 is 2.34 bits per heavy atom. The lowest BCUT2D eigenvalue weighted by Gasteiger charge is -2.22. The van der Waals surface area contributed by atoms with Gasteiger partial charge in [0, 0.05) is 29.9 Å². The fourth-order valence-electron chi connectivity index (χ4n) is 2.48. The molecule has 0 aliphatic heterocycles. The summed E-state index contributed by atoms with van der Waals surface area (Å²) in [5.41, 5.74) is 4.49. The largest absolute Gasteiger partial charge is 1.00 e. The second-order valence-corrected chi connectivity index (χ2v) is 8.08. The molecular weight excluding hydrogens is 454 g/mol. The summed E-state index contributed by atoms with van der Waals surface area (Å²) in [6.45, 7) is 3.94. The van der Waals surface area contributed by atoms with Gasteiger partial charge in [-0.25, -0.2) is 4.57 Å². The normalized spacial score (nSPS) is 10.7. The highest BCUT2D eigenvalue weighted by atomic mass is 79.9. The molecule has 0 saturated carbocycles. The number of primary amides is 1. The highest BCUT2D eigenvalue weighted by molar-refractivity contribution is 8.13. The molecule has 0 radical (unpaired) electrons. The van der Waals surface area contributed by atoms with Gasteiger partial charge in [-0.2, -0.15) is 0 Å². The van der Waals surface area contributed by atoms with E-state index < -0.39 is 17.4 Å². The number of carbonyl (C=O) groups excluding carboxylic acids is 3. The molecule has 0 fully saturated rings. The van der Waals surface area contributed by atoms with E-state index in [0.717, 1.165) is 31.1 Å². The number of unbranched alkanes of at least 4 members (excludes halogenated alkanes) is 1. The third-order valence-corrected chi connectivity index (χ3v) is 5.23. The van der Waals surface area contributed by atoms with Gasteiger partial charge in [0.05, 0.1) is 5.56 Å². The van der Waals surface area contributed by atoms with Crippen molar-refractivity contribution in [3.8, 4) is 0 Å². The van der Waals surface area contributed by atoms with E-state index in [0.29, 0.717) is 16.9 Å². The van der Waals surface area contributed by atoms with Gasteiger partial charge in [0.25, 0.3) is 5.91 Å². The Kier molecular flexibility index (Phi) is 10.0. The lowest BCUT2D eigenvalue weighted by atomic mass is 10.0. The first-order valence-electron chi connectivity index (χ1n) is 9.16. The Bertz CT molecular complexity index is 844. The third kappa shape index (κ3) is 7.98. The molecule has 156 valence electrons. The first kappa shape index (κ1) is 24.8. The summed E-state index contributed by atoms with van der Waals surface area (Å²) < 4.78 is 2.08. The monoisotopic (exact) mass is 479 g/mol. The molecule has 2 amide bonds. The van der Waals surface area contributed by atoms with Crippen LogP contribution in [0.15, 0.2) is 59.8 Å². The number of halogens is 1. The molecule has 1 aromatic heterocycles. The van der Waals surface area contributed by atoms with E-state index in [1.165, 1.54) is 0 Å². The summed E-state index contributed by atoms with van der Waals surface area (Å²) in [4.78, 5) is 36.9. The molecule has 0 aliphatic rings. The first-order valence-corrected chi connectivity index (χ1v) is 9.97. The predicted molar refractivity (Wildman–Crippen MR) is 109 cm³/mol. The Morgan fingerprint density at radius 1 is 1.03 bits per heavy atom. The number of aromatic nitrogens is 1. The molecule has 0 saturated heterocycles. The fraction of sp³-hybridized carbons (Fsp3) is 0.333. The van der Waals surface area contributed by atoms with E-state index in [2.05, 4.69) is 9.88 Å². The predicted octanol–water partition coefficient (Wildman–Crippen LogP) is -0.539. The summed E-state index contributed by atoms with van der Waals surface area (Å²) in [5.74, 6) is -1.06. The van der Waals surface area contributed by atoms with Crippen molar-refractivity contribution in [2.24, 2.45) is 5.73 Å². The van der Waals surface area contributed by atoms with Gasteiger partial charge >= 0.3 is 0 Å². The Morgan fingerprint density at radius 2 is 1.69 bits per heavy atom. The Balaban J connectivity index is 0.00000420. The van der Waals surface area contributed by atoms with Crippen molar-refractivity contribution in [3.05, 3.63) is 60.4 Å². The van der Waals surface area contributed by atoms with E-state index in [1.807, 2.05) is 30.6 Å². The molecule has 2 aromatic rings. The summed E-state index contributed by atoms with van der Waals surface area (Å²) >= 11 is 1.06. The lowest BCUT2D eigenvalue weighted by molar-refractivity contribution is -0.697. The van der Waals surface area contributed by atoms with Crippen molar-refractivity contribution < 1.29 is 35.9 Å². The number of amides is 2. The van der Waals surface area contributed by atoms with Crippen molar-refractivity contribution in [1.82, 2.24) is 5.32 Å². The maximum absolute atomic E-state index is 12.5. The second-order valence-electron chi connectivity index (χ2n) is 6.98. The average molecular weight is 480 g/mol. The number of thioether (sulfide) groups is 1. The molecule has 0 bridgehead atoms. The first-order chi connectivity index (χ1) is 13.3. The smallest absolute Gasteiger partial charge is 0.253 e. The summed E-state index contributed by atoms with van der Waals surface area (Å²) in [6.07, 6.45) is 6.10. The molecule has 6 nitrogen and oxygen atoms in total. The molecule has 2 rings (SSSR count). The van der Waals surface area contributed by atoms with E-state index in [9.17, 15) is 14.4 Å². The number of hydrogen-bond donors (Lipinski definition) is 2. The van der Waals surface area contributed by atoms with Gasteiger partial charge in [-0.05, 0) is 32.4 Å². The molecule has 3 N–H and O–H groups in total. The van der Waals surface area contributed by atoms with Crippen molar-refractivity contribution in [3.63, 3.8) is 0 Å². The molecule has 0 aliphatic carbocycles. The number of hydrogen-bond acceptors (Lipinski definition) is 4. The number of nitrogens with two attached hydrogens (primary N) is 1. The third-order valence-electron chi connectivity index (χ3n) is 4.22. The molecule has 8 heteroatoms. The number of aryl methyl sites for hydroxylation is 1. The zero-order chi connectivity index (χ0) is 20.6. The van der Waals surface area contributed by atoms with Crippen LogP contribution in [0.25, 0.3) is 0 Å². The minimum atomic E-state index is -1.17. The van der Waals surface area contributed by atoms with Crippen LogP contribution in [0.4, 0.5) is 0 Å². The molecule has 29 heavy (non-hydrogen) atoms. The van der Waals surface area contributed by atoms with Crippen LogP contribution in [-0.4, -0.2) is 22.5 Å². The van der Waals surface area contributed by atoms with E-state index in [1.54, 1.807) is 38.1 Å². The highest BCUT2D eigenvalue weighted by Crippen LogP contribution is 2.25. The van der Waals surface area contributed by atoms with Crippen LogP contribution < -0.4 is 32.6 Å². The number of nitrogens with zero attached hydrogens (tertiary/aromatic N) is 1. The average Bonchev–Trinajstić information content (AvgIpc) is 2.66. The van der Waals surface area contributed by atoms with Crippen LogP contribution in [0.3, 0.4) is 0 Å². The Labute approximate surface area is 186 Å². The van der Waals surface area contributed by atoms with Gasteiger partial charge in [0.1, 0.15) is 12.1 Å². The number of pyridine rings is 1. The van der Waals surface area contributed by atoms with Crippen LogP contribution >= 0.6 is 11.8 Å². The topological polar surface area (TPSA) is 93.1 Å². The van der Waals surface area contributed by atoms with Crippen LogP contribution in [0.1, 0.15) is 43.5 Å². The van der Waals surface area contributed by atoms with Crippen LogP contribution in [-0.2, 0) is 16.1 Å². The number of nitrogens with one attached hydrogen (secondary N) is 1.